The fraction of sp³-hybridized carbons (Fsp3) is 0. The zero-order valence-electron chi connectivity index (χ0n) is 9.56. The molecule has 2 aromatic heterocycles. The Morgan fingerprint density at radius 3 is 2.67 bits per heavy atom. The van der Waals surface area contributed by atoms with Crippen molar-refractivity contribution in [1.82, 2.24) is 19.7 Å². The molecule has 0 amide bonds. The number of rotatable bonds is 3. The van der Waals surface area contributed by atoms with Gasteiger partial charge in [0, 0.05) is 24.1 Å². The Bertz CT molecular complexity index is 619. The summed E-state index contributed by atoms with van der Waals surface area (Å²) in [5.74, 6) is 1.47. The lowest BCUT2D eigenvalue weighted by atomic mass is 10.3. The Morgan fingerprint density at radius 1 is 1.00 bits per heavy atom. The van der Waals surface area contributed by atoms with E-state index in [4.69, 9.17) is 0 Å². The maximum Gasteiger partial charge on any atom is 0.158 e. The zero-order valence-corrected chi connectivity index (χ0v) is 9.56. The molecule has 0 spiro atoms. The summed E-state index contributed by atoms with van der Waals surface area (Å²) in [6.07, 6.45) is 5.07. The Morgan fingerprint density at radius 2 is 1.89 bits per heavy atom. The third kappa shape index (κ3) is 2.20. The van der Waals surface area contributed by atoms with Gasteiger partial charge in [0.1, 0.15) is 12.1 Å². The maximum absolute atomic E-state index is 4.18. The van der Waals surface area contributed by atoms with Crippen LogP contribution in [0.15, 0.2) is 61.2 Å². The summed E-state index contributed by atoms with van der Waals surface area (Å²) < 4.78 is 1.69. The molecule has 0 bridgehead atoms. The monoisotopic (exact) mass is 237 g/mol. The normalized spacial score (nSPS) is 10.2. The fourth-order valence-corrected chi connectivity index (χ4v) is 1.61. The van der Waals surface area contributed by atoms with Crippen molar-refractivity contribution in [3.63, 3.8) is 0 Å². The smallest absolute Gasteiger partial charge is 0.158 e. The number of hydrogen-bond donors (Lipinski definition) is 1. The van der Waals surface area contributed by atoms with Gasteiger partial charge in [-0.3, -0.25) is 0 Å². The van der Waals surface area contributed by atoms with Gasteiger partial charge >= 0.3 is 0 Å². The molecule has 0 saturated heterocycles. The molecule has 1 aromatic carbocycles. The van der Waals surface area contributed by atoms with Crippen molar-refractivity contribution in [3.8, 4) is 5.82 Å². The van der Waals surface area contributed by atoms with E-state index in [2.05, 4.69) is 20.4 Å². The predicted molar refractivity (Wildman–Crippen MR) is 68.9 cm³/mol. The van der Waals surface area contributed by atoms with E-state index in [9.17, 15) is 0 Å². The molecule has 0 unspecified atom stereocenters. The average Bonchev–Trinajstić information content (AvgIpc) is 2.94. The molecule has 18 heavy (non-hydrogen) atoms. The highest BCUT2D eigenvalue weighted by Gasteiger charge is 2.01. The molecule has 0 saturated carbocycles. The third-order valence-corrected chi connectivity index (χ3v) is 2.44. The van der Waals surface area contributed by atoms with Crippen LogP contribution in [0.5, 0.6) is 0 Å². The van der Waals surface area contributed by atoms with Crippen LogP contribution in [0.25, 0.3) is 5.82 Å². The molecule has 0 aliphatic rings. The van der Waals surface area contributed by atoms with Crippen LogP contribution in [-0.2, 0) is 0 Å². The number of para-hydroxylation sites is 1. The van der Waals surface area contributed by atoms with Crippen LogP contribution in [0.3, 0.4) is 0 Å². The molecule has 0 fully saturated rings. The number of benzene rings is 1. The largest absolute Gasteiger partial charge is 0.340 e. The quantitative estimate of drug-likeness (QED) is 0.760. The van der Waals surface area contributed by atoms with Crippen LogP contribution in [0.4, 0.5) is 11.5 Å². The molecule has 3 rings (SSSR count). The van der Waals surface area contributed by atoms with Crippen LogP contribution >= 0.6 is 0 Å². The molecule has 5 nitrogen and oxygen atoms in total. The van der Waals surface area contributed by atoms with Gasteiger partial charge < -0.3 is 5.32 Å². The van der Waals surface area contributed by atoms with Gasteiger partial charge in [0.2, 0.25) is 0 Å². The summed E-state index contributed by atoms with van der Waals surface area (Å²) in [7, 11) is 0. The van der Waals surface area contributed by atoms with Crippen molar-refractivity contribution in [1.29, 1.82) is 0 Å². The van der Waals surface area contributed by atoms with Crippen LogP contribution in [-0.4, -0.2) is 19.7 Å². The standard InChI is InChI=1S/C13H11N5/c1-2-5-11(6-3-1)17-12-9-13(15-10-14-12)18-8-4-7-16-18/h1-10H,(H,14,15,17). The van der Waals surface area contributed by atoms with Crippen molar-refractivity contribution in [3.05, 3.63) is 61.2 Å². The highest BCUT2D eigenvalue weighted by atomic mass is 15.3. The summed E-state index contributed by atoms with van der Waals surface area (Å²) in [4.78, 5) is 8.35. The molecule has 0 radical (unpaired) electrons. The molecular formula is C13H11N5. The predicted octanol–water partition coefficient (Wildman–Crippen LogP) is 2.41. The van der Waals surface area contributed by atoms with Gasteiger partial charge in [0.25, 0.3) is 0 Å². The summed E-state index contributed by atoms with van der Waals surface area (Å²) >= 11 is 0. The maximum atomic E-state index is 4.18. The molecule has 2 heterocycles. The molecular weight excluding hydrogens is 226 g/mol. The lowest BCUT2D eigenvalue weighted by Gasteiger charge is -2.06. The first-order valence-electron chi connectivity index (χ1n) is 5.56. The molecule has 88 valence electrons. The summed E-state index contributed by atoms with van der Waals surface area (Å²) in [6.45, 7) is 0. The molecule has 0 aliphatic heterocycles. The second-order valence-corrected chi connectivity index (χ2v) is 3.70. The first-order chi connectivity index (χ1) is 8.92. The number of hydrogen-bond acceptors (Lipinski definition) is 4. The highest BCUT2D eigenvalue weighted by molar-refractivity contribution is 5.56. The first-order valence-corrected chi connectivity index (χ1v) is 5.56. The van der Waals surface area contributed by atoms with E-state index in [1.54, 1.807) is 10.9 Å². The summed E-state index contributed by atoms with van der Waals surface area (Å²) in [5, 5.41) is 7.35. The van der Waals surface area contributed by atoms with Gasteiger partial charge in [-0.2, -0.15) is 5.10 Å². The Labute approximate surface area is 104 Å². The number of aromatic nitrogens is 4. The van der Waals surface area contributed by atoms with Crippen LogP contribution in [0, 0.1) is 0 Å². The molecule has 0 atom stereocenters. The van der Waals surface area contributed by atoms with Gasteiger partial charge in [0.05, 0.1) is 0 Å². The lowest BCUT2D eigenvalue weighted by Crippen LogP contribution is -2.01. The summed E-state index contributed by atoms with van der Waals surface area (Å²) in [5.41, 5.74) is 0.989. The van der Waals surface area contributed by atoms with Crippen molar-refractivity contribution in [2.45, 2.75) is 0 Å². The van der Waals surface area contributed by atoms with E-state index in [-0.39, 0.29) is 0 Å². The lowest BCUT2D eigenvalue weighted by molar-refractivity contribution is 0.840. The van der Waals surface area contributed by atoms with Gasteiger partial charge in [-0.25, -0.2) is 14.6 Å². The topological polar surface area (TPSA) is 55.6 Å². The van der Waals surface area contributed by atoms with E-state index in [0.29, 0.717) is 0 Å². The fourth-order valence-electron chi connectivity index (χ4n) is 1.61. The Balaban J connectivity index is 1.88. The van der Waals surface area contributed by atoms with Gasteiger partial charge in [-0.1, -0.05) is 18.2 Å². The van der Waals surface area contributed by atoms with E-state index >= 15 is 0 Å². The van der Waals surface area contributed by atoms with Crippen LogP contribution in [0.2, 0.25) is 0 Å². The van der Waals surface area contributed by atoms with E-state index in [1.165, 1.54) is 6.33 Å². The minimum atomic E-state index is 0.730. The average molecular weight is 237 g/mol. The van der Waals surface area contributed by atoms with E-state index in [1.807, 2.05) is 48.7 Å². The number of nitrogens with zero attached hydrogens (tertiary/aromatic N) is 4. The highest BCUT2D eigenvalue weighted by Crippen LogP contribution is 2.14. The third-order valence-electron chi connectivity index (χ3n) is 2.44. The molecule has 1 N–H and O–H groups in total. The van der Waals surface area contributed by atoms with Crippen molar-refractivity contribution in [2.75, 3.05) is 5.32 Å². The first kappa shape index (κ1) is 10.5. The molecule has 5 heteroatoms. The number of nitrogens with one attached hydrogen (secondary N) is 1. The van der Waals surface area contributed by atoms with Crippen molar-refractivity contribution in [2.24, 2.45) is 0 Å². The van der Waals surface area contributed by atoms with Crippen LogP contribution in [0.1, 0.15) is 0 Å². The second kappa shape index (κ2) is 4.67. The van der Waals surface area contributed by atoms with Crippen molar-refractivity contribution >= 4 is 11.5 Å². The zero-order chi connectivity index (χ0) is 12.2. The Hall–Kier alpha value is -2.69. The second-order valence-electron chi connectivity index (χ2n) is 3.70. The van der Waals surface area contributed by atoms with Crippen molar-refractivity contribution < 1.29 is 0 Å². The molecule has 0 aliphatic carbocycles. The molecule has 3 aromatic rings. The van der Waals surface area contributed by atoms with Gasteiger partial charge in [-0.05, 0) is 18.2 Å². The minimum absolute atomic E-state index is 0.730. The van der Waals surface area contributed by atoms with Crippen LogP contribution < -0.4 is 5.32 Å². The van der Waals surface area contributed by atoms with Gasteiger partial charge in [0.15, 0.2) is 5.82 Å². The summed E-state index contributed by atoms with van der Waals surface area (Å²) in [6, 6.07) is 13.6. The number of anilines is 2. The Kier molecular flexibility index (Phi) is 2.71. The van der Waals surface area contributed by atoms with E-state index in [0.717, 1.165) is 17.3 Å². The minimum Gasteiger partial charge on any atom is -0.340 e. The van der Waals surface area contributed by atoms with Gasteiger partial charge in [-0.15, -0.1) is 0 Å². The SMILES string of the molecule is c1ccc(Nc2cc(-n3cccn3)ncn2)cc1. The van der Waals surface area contributed by atoms with E-state index < -0.39 is 0 Å².